The Kier molecular flexibility index (Phi) is 2.52. The molecule has 3 heteroatoms. The number of aromatic nitrogens is 1. The van der Waals surface area contributed by atoms with Gasteiger partial charge in [-0.3, -0.25) is 0 Å². The summed E-state index contributed by atoms with van der Waals surface area (Å²) in [7, 11) is 0. The van der Waals surface area contributed by atoms with Crippen LogP contribution < -0.4 is 5.73 Å². The first-order valence-electron chi connectivity index (χ1n) is 5.19. The lowest BCUT2D eigenvalue weighted by Gasteiger charge is -2.18. The number of nitrogens with zero attached hydrogens (tertiary/aromatic N) is 1. The highest BCUT2D eigenvalue weighted by Gasteiger charge is 2.22. The molecule has 0 aliphatic heterocycles. The summed E-state index contributed by atoms with van der Waals surface area (Å²) >= 11 is 1.70. The second kappa shape index (κ2) is 3.58. The minimum absolute atomic E-state index is 0.294. The molecular weight excluding hydrogens is 204 g/mol. The first kappa shape index (κ1) is 10.6. The third kappa shape index (κ3) is 1.90. The van der Waals surface area contributed by atoms with E-state index < -0.39 is 0 Å². The van der Waals surface area contributed by atoms with Crippen LogP contribution in [0.4, 0.5) is 0 Å². The van der Waals surface area contributed by atoms with Crippen molar-refractivity contribution in [2.75, 3.05) is 0 Å². The summed E-state index contributed by atoms with van der Waals surface area (Å²) in [4.78, 5) is 4.61. The van der Waals surface area contributed by atoms with Crippen molar-refractivity contribution in [3.8, 4) is 0 Å². The number of benzene rings is 1. The average Bonchev–Trinajstić information content (AvgIpc) is 2.61. The van der Waals surface area contributed by atoms with Gasteiger partial charge in [-0.1, -0.05) is 13.0 Å². The van der Waals surface area contributed by atoms with Crippen molar-refractivity contribution in [3.05, 3.63) is 28.8 Å². The van der Waals surface area contributed by atoms with Crippen LogP contribution in [0.3, 0.4) is 0 Å². The van der Waals surface area contributed by atoms with Crippen LogP contribution in [0.2, 0.25) is 0 Å². The lowest BCUT2D eigenvalue weighted by molar-refractivity contribution is 0.474. The maximum atomic E-state index is 6.19. The van der Waals surface area contributed by atoms with E-state index in [9.17, 15) is 0 Å². The molecule has 15 heavy (non-hydrogen) atoms. The number of nitrogens with two attached hydrogens (primary N) is 1. The van der Waals surface area contributed by atoms with Gasteiger partial charge in [0.05, 0.1) is 15.8 Å². The quantitative estimate of drug-likeness (QED) is 0.844. The summed E-state index contributed by atoms with van der Waals surface area (Å²) in [5, 5.41) is 1.03. The van der Waals surface area contributed by atoms with Crippen molar-refractivity contribution in [1.82, 2.24) is 4.98 Å². The smallest absolute Gasteiger partial charge is 0.113 e. The van der Waals surface area contributed by atoms with Crippen LogP contribution in [0.15, 0.2) is 18.2 Å². The number of thiazole rings is 1. The molecule has 0 aliphatic carbocycles. The predicted molar refractivity (Wildman–Crippen MR) is 66.2 cm³/mol. The van der Waals surface area contributed by atoms with E-state index in [0.717, 1.165) is 16.9 Å². The zero-order chi connectivity index (χ0) is 11.1. The molecule has 1 aromatic carbocycles. The number of fused-ring (bicyclic) bond motifs is 1. The Morgan fingerprint density at radius 1 is 1.47 bits per heavy atom. The second-order valence-electron chi connectivity index (χ2n) is 4.26. The zero-order valence-corrected chi connectivity index (χ0v) is 10.2. The van der Waals surface area contributed by atoms with Gasteiger partial charge in [0, 0.05) is 0 Å². The van der Waals surface area contributed by atoms with Crippen molar-refractivity contribution in [1.29, 1.82) is 0 Å². The van der Waals surface area contributed by atoms with Gasteiger partial charge in [0.15, 0.2) is 0 Å². The predicted octanol–water partition coefficient (Wildman–Crippen LogP) is 3.19. The normalized spacial score (nSPS) is 15.5. The topological polar surface area (TPSA) is 38.9 Å². The molecule has 0 fully saturated rings. The van der Waals surface area contributed by atoms with Crippen LogP contribution >= 0.6 is 11.3 Å². The number of aryl methyl sites for hydroxylation is 1. The molecule has 1 unspecified atom stereocenters. The fourth-order valence-corrected chi connectivity index (χ4v) is 2.51. The highest BCUT2D eigenvalue weighted by molar-refractivity contribution is 7.18. The van der Waals surface area contributed by atoms with Crippen molar-refractivity contribution < 1.29 is 0 Å². The van der Waals surface area contributed by atoms with Crippen molar-refractivity contribution in [2.24, 2.45) is 5.73 Å². The van der Waals surface area contributed by atoms with Gasteiger partial charge in [-0.05, 0) is 38.0 Å². The largest absolute Gasteiger partial charge is 0.320 e. The van der Waals surface area contributed by atoms with E-state index in [1.807, 2.05) is 6.92 Å². The van der Waals surface area contributed by atoms with Crippen LogP contribution in [0, 0.1) is 6.92 Å². The fraction of sp³-hybridized carbons (Fsp3) is 0.417. The van der Waals surface area contributed by atoms with Crippen LogP contribution in [0.25, 0.3) is 10.2 Å². The third-order valence-electron chi connectivity index (χ3n) is 2.77. The molecule has 0 saturated heterocycles. The van der Waals surface area contributed by atoms with Crippen molar-refractivity contribution >= 4 is 21.6 Å². The molecule has 1 aromatic heterocycles. The summed E-state index contributed by atoms with van der Waals surface area (Å²) in [5.74, 6) is 0. The van der Waals surface area contributed by atoms with E-state index in [4.69, 9.17) is 5.73 Å². The Hall–Kier alpha value is -0.930. The molecule has 0 amide bonds. The molecule has 1 heterocycles. The van der Waals surface area contributed by atoms with Crippen LogP contribution in [-0.4, -0.2) is 4.98 Å². The van der Waals surface area contributed by atoms with Crippen LogP contribution in [0.1, 0.15) is 30.8 Å². The molecule has 2 nitrogen and oxygen atoms in total. The van der Waals surface area contributed by atoms with E-state index in [1.165, 1.54) is 10.3 Å². The fourth-order valence-electron chi connectivity index (χ4n) is 1.43. The van der Waals surface area contributed by atoms with Crippen molar-refractivity contribution in [2.45, 2.75) is 32.7 Å². The minimum atomic E-state index is -0.294. The van der Waals surface area contributed by atoms with Gasteiger partial charge in [-0.25, -0.2) is 4.98 Å². The molecule has 0 aliphatic rings. The third-order valence-corrected chi connectivity index (χ3v) is 4.08. The lowest BCUT2D eigenvalue weighted by Crippen LogP contribution is -2.31. The van der Waals surface area contributed by atoms with Gasteiger partial charge in [0.1, 0.15) is 5.01 Å². The number of hydrogen-bond donors (Lipinski definition) is 1. The first-order chi connectivity index (χ1) is 7.03. The van der Waals surface area contributed by atoms with E-state index in [1.54, 1.807) is 11.3 Å². The first-order valence-corrected chi connectivity index (χ1v) is 6.01. The zero-order valence-electron chi connectivity index (χ0n) is 9.37. The van der Waals surface area contributed by atoms with Gasteiger partial charge >= 0.3 is 0 Å². The molecule has 80 valence electrons. The number of hydrogen-bond acceptors (Lipinski definition) is 3. The van der Waals surface area contributed by atoms with Gasteiger partial charge < -0.3 is 5.73 Å². The molecule has 0 spiro atoms. The van der Waals surface area contributed by atoms with Gasteiger partial charge in [-0.15, -0.1) is 11.3 Å². The van der Waals surface area contributed by atoms with E-state index in [2.05, 4.69) is 37.0 Å². The van der Waals surface area contributed by atoms with Gasteiger partial charge in [0.25, 0.3) is 0 Å². The maximum Gasteiger partial charge on any atom is 0.113 e. The van der Waals surface area contributed by atoms with Gasteiger partial charge in [-0.2, -0.15) is 0 Å². The maximum absolute atomic E-state index is 6.19. The molecule has 2 aromatic rings. The van der Waals surface area contributed by atoms with E-state index >= 15 is 0 Å². The summed E-state index contributed by atoms with van der Waals surface area (Å²) in [5.41, 5.74) is 8.21. The van der Waals surface area contributed by atoms with Crippen LogP contribution in [0.5, 0.6) is 0 Å². The van der Waals surface area contributed by atoms with E-state index in [0.29, 0.717) is 0 Å². The molecule has 0 bridgehead atoms. The summed E-state index contributed by atoms with van der Waals surface area (Å²) in [6.45, 7) is 6.22. The van der Waals surface area contributed by atoms with Crippen molar-refractivity contribution in [3.63, 3.8) is 0 Å². The summed E-state index contributed by atoms with van der Waals surface area (Å²) in [6.07, 6.45) is 0.909. The van der Waals surface area contributed by atoms with Gasteiger partial charge in [0.2, 0.25) is 0 Å². The summed E-state index contributed by atoms with van der Waals surface area (Å²) in [6, 6.07) is 6.35. The average molecular weight is 220 g/mol. The highest BCUT2D eigenvalue weighted by atomic mass is 32.1. The monoisotopic (exact) mass is 220 g/mol. The Labute approximate surface area is 94.1 Å². The number of rotatable bonds is 2. The molecule has 0 radical (unpaired) electrons. The SMILES string of the molecule is CCC(C)(N)c1nc2cc(C)ccc2s1. The Bertz CT molecular complexity index is 485. The molecule has 2 N–H and O–H groups in total. The van der Waals surface area contributed by atoms with Crippen LogP contribution in [-0.2, 0) is 5.54 Å². The van der Waals surface area contributed by atoms with E-state index in [-0.39, 0.29) is 5.54 Å². The molecule has 2 rings (SSSR count). The Balaban J connectivity index is 2.56. The molecule has 1 atom stereocenters. The minimum Gasteiger partial charge on any atom is -0.320 e. The second-order valence-corrected chi connectivity index (χ2v) is 5.29. The summed E-state index contributed by atoms with van der Waals surface area (Å²) < 4.78 is 1.22. The standard InChI is InChI=1S/C12H16N2S/c1-4-12(3,13)11-14-9-7-8(2)5-6-10(9)15-11/h5-7H,4,13H2,1-3H3. The Morgan fingerprint density at radius 3 is 2.87 bits per heavy atom. The molecule has 0 saturated carbocycles. The highest BCUT2D eigenvalue weighted by Crippen LogP contribution is 2.30. The molecular formula is C12H16N2S. The lowest BCUT2D eigenvalue weighted by atomic mass is 10.0. The Morgan fingerprint density at radius 2 is 2.20 bits per heavy atom.